The third-order valence-corrected chi connectivity index (χ3v) is 4.48. The van der Waals surface area contributed by atoms with Gasteiger partial charge >= 0.3 is 0 Å². The summed E-state index contributed by atoms with van der Waals surface area (Å²) in [6.45, 7) is 9.51. The summed E-state index contributed by atoms with van der Waals surface area (Å²) < 4.78 is 0. The summed E-state index contributed by atoms with van der Waals surface area (Å²) in [6.07, 6.45) is 8.01. The van der Waals surface area contributed by atoms with Crippen LogP contribution in [0.5, 0.6) is 0 Å². The molecule has 2 heterocycles. The van der Waals surface area contributed by atoms with Gasteiger partial charge < -0.3 is 16.0 Å². The van der Waals surface area contributed by atoms with E-state index in [1.165, 1.54) is 25.7 Å². The largest absolute Gasteiger partial charge is 0.370 e. The molecular formula is C19H34IN5. The second-order valence-electron chi connectivity index (χ2n) is 7.29. The second-order valence-corrected chi connectivity index (χ2v) is 7.29. The van der Waals surface area contributed by atoms with Crippen molar-refractivity contribution in [3.63, 3.8) is 0 Å². The monoisotopic (exact) mass is 459 g/mol. The molecule has 0 aromatic carbocycles. The lowest BCUT2D eigenvalue weighted by atomic mass is 10.0. The third-order valence-electron chi connectivity index (χ3n) is 4.48. The van der Waals surface area contributed by atoms with E-state index in [0.717, 1.165) is 36.8 Å². The van der Waals surface area contributed by atoms with Crippen molar-refractivity contribution in [2.24, 2.45) is 16.6 Å². The molecule has 1 fully saturated rings. The highest BCUT2D eigenvalue weighted by atomic mass is 127. The number of nitrogens with zero attached hydrogens (tertiary/aromatic N) is 3. The fourth-order valence-electron chi connectivity index (χ4n) is 3.06. The maximum Gasteiger partial charge on any atom is 0.189 e. The maximum absolute atomic E-state index is 6.03. The number of hydrogen-bond acceptors (Lipinski definition) is 3. The number of guanidine groups is 1. The number of anilines is 1. The van der Waals surface area contributed by atoms with E-state index in [9.17, 15) is 0 Å². The van der Waals surface area contributed by atoms with Gasteiger partial charge in [-0.1, -0.05) is 26.7 Å². The van der Waals surface area contributed by atoms with Crippen molar-refractivity contribution >= 4 is 35.8 Å². The zero-order valence-electron chi connectivity index (χ0n) is 15.9. The number of halogens is 1. The molecular weight excluding hydrogens is 425 g/mol. The number of nitrogens with two attached hydrogens (primary N) is 1. The minimum absolute atomic E-state index is 0. The van der Waals surface area contributed by atoms with Crippen molar-refractivity contribution in [1.82, 2.24) is 10.3 Å². The molecule has 1 aromatic rings. The quantitative estimate of drug-likeness (QED) is 0.352. The molecule has 1 saturated heterocycles. The number of aliphatic imine (C=N–C) groups is 1. The number of aromatic nitrogens is 1. The van der Waals surface area contributed by atoms with Crippen LogP contribution in [0.15, 0.2) is 23.3 Å². The predicted molar refractivity (Wildman–Crippen MR) is 118 cm³/mol. The van der Waals surface area contributed by atoms with Crippen LogP contribution in [0.1, 0.15) is 58.4 Å². The van der Waals surface area contributed by atoms with Crippen LogP contribution in [0.4, 0.5) is 5.82 Å². The Balaban J connectivity index is 0.00000312. The summed E-state index contributed by atoms with van der Waals surface area (Å²) in [5.41, 5.74) is 7.18. The van der Waals surface area contributed by atoms with E-state index >= 15 is 0 Å². The molecule has 1 unspecified atom stereocenters. The fraction of sp³-hybridized carbons (Fsp3) is 0.684. The van der Waals surface area contributed by atoms with Gasteiger partial charge in [0.25, 0.3) is 0 Å². The maximum atomic E-state index is 6.03. The Morgan fingerprint density at radius 3 is 2.68 bits per heavy atom. The SMILES string of the molecule is CC(C)CCCC(C)NC(N)=NCc1ccnc(N2CCCC2)c1.I. The van der Waals surface area contributed by atoms with Crippen molar-refractivity contribution in [2.45, 2.75) is 65.5 Å². The van der Waals surface area contributed by atoms with Crippen molar-refractivity contribution in [1.29, 1.82) is 0 Å². The highest BCUT2D eigenvalue weighted by Crippen LogP contribution is 2.18. The summed E-state index contributed by atoms with van der Waals surface area (Å²) >= 11 is 0. The first-order chi connectivity index (χ1) is 11.5. The van der Waals surface area contributed by atoms with Gasteiger partial charge in [0.05, 0.1) is 6.54 Å². The van der Waals surface area contributed by atoms with Gasteiger partial charge in [0, 0.05) is 25.3 Å². The van der Waals surface area contributed by atoms with Gasteiger partial charge in [-0.2, -0.15) is 0 Å². The molecule has 0 saturated carbocycles. The first-order valence-electron chi connectivity index (χ1n) is 9.31. The summed E-state index contributed by atoms with van der Waals surface area (Å²) in [6, 6.07) is 4.52. The summed E-state index contributed by atoms with van der Waals surface area (Å²) in [5, 5.41) is 3.30. The highest BCUT2D eigenvalue weighted by Gasteiger charge is 2.13. The van der Waals surface area contributed by atoms with Crippen molar-refractivity contribution < 1.29 is 0 Å². The molecule has 0 spiro atoms. The van der Waals surface area contributed by atoms with Crippen molar-refractivity contribution in [3.8, 4) is 0 Å². The van der Waals surface area contributed by atoms with E-state index in [2.05, 4.69) is 47.0 Å². The van der Waals surface area contributed by atoms with Gasteiger partial charge in [-0.05, 0) is 49.8 Å². The Morgan fingerprint density at radius 2 is 2.00 bits per heavy atom. The Bertz CT molecular complexity index is 526. The lowest BCUT2D eigenvalue weighted by Gasteiger charge is -2.17. The van der Waals surface area contributed by atoms with Crippen LogP contribution in [0.2, 0.25) is 0 Å². The molecule has 0 radical (unpaired) electrons. The molecule has 1 aromatic heterocycles. The Hall–Kier alpha value is -1.05. The molecule has 0 bridgehead atoms. The Kier molecular flexibility index (Phi) is 10.2. The first-order valence-corrected chi connectivity index (χ1v) is 9.31. The normalized spacial score (nSPS) is 16.0. The lowest BCUT2D eigenvalue weighted by Crippen LogP contribution is -2.38. The van der Waals surface area contributed by atoms with Crippen LogP contribution in [0, 0.1) is 5.92 Å². The first kappa shape index (κ1) is 22.0. The predicted octanol–water partition coefficient (Wildman–Crippen LogP) is 3.92. The van der Waals surface area contributed by atoms with Gasteiger partial charge in [0.2, 0.25) is 0 Å². The number of hydrogen-bond donors (Lipinski definition) is 2. The van der Waals surface area contributed by atoms with E-state index in [1.807, 2.05) is 12.3 Å². The molecule has 142 valence electrons. The molecule has 2 rings (SSSR count). The van der Waals surface area contributed by atoms with E-state index in [4.69, 9.17) is 5.73 Å². The van der Waals surface area contributed by atoms with Gasteiger partial charge in [-0.25, -0.2) is 9.98 Å². The molecule has 1 aliphatic heterocycles. The van der Waals surface area contributed by atoms with Crippen LogP contribution in [-0.4, -0.2) is 30.1 Å². The van der Waals surface area contributed by atoms with Crippen LogP contribution in [0.25, 0.3) is 0 Å². The van der Waals surface area contributed by atoms with Crippen LogP contribution in [0.3, 0.4) is 0 Å². The fourth-order valence-corrected chi connectivity index (χ4v) is 3.06. The van der Waals surface area contributed by atoms with Gasteiger partial charge in [-0.3, -0.25) is 0 Å². The van der Waals surface area contributed by atoms with E-state index < -0.39 is 0 Å². The molecule has 1 atom stereocenters. The molecule has 3 N–H and O–H groups in total. The molecule has 25 heavy (non-hydrogen) atoms. The second kappa shape index (κ2) is 11.5. The lowest BCUT2D eigenvalue weighted by molar-refractivity contribution is 0.493. The Labute approximate surface area is 169 Å². The average molecular weight is 459 g/mol. The minimum atomic E-state index is 0. The van der Waals surface area contributed by atoms with Crippen LogP contribution < -0.4 is 16.0 Å². The summed E-state index contributed by atoms with van der Waals surface area (Å²) in [7, 11) is 0. The zero-order valence-corrected chi connectivity index (χ0v) is 18.2. The smallest absolute Gasteiger partial charge is 0.189 e. The van der Waals surface area contributed by atoms with Crippen molar-refractivity contribution in [3.05, 3.63) is 23.9 Å². The zero-order chi connectivity index (χ0) is 17.4. The number of rotatable bonds is 8. The number of pyridine rings is 1. The van der Waals surface area contributed by atoms with Crippen molar-refractivity contribution in [2.75, 3.05) is 18.0 Å². The number of nitrogens with one attached hydrogen (secondary N) is 1. The average Bonchev–Trinajstić information content (AvgIpc) is 3.07. The highest BCUT2D eigenvalue weighted by molar-refractivity contribution is 14.0. The third kappa shape index (κ3) is 8.25. The van der Waals surface area contributed by atoms with E-state index in [0.29, 0.717) is 18.5 Å². The minimum Gasteiger partial charge on any atom is -0.370 e. The molecule has 1 aliphatic rings. The summed E-state index contributed by atoms with van der Waals surface area (Å²) in [4.78, 5) is 11.3. The molecule has 6 heteroatoms. The van der Waals surface area contributed by atoms with Gasteiger partial charge in [0.15, 0.2) is 5.96 Å². The van der Waals surface area contributed by atoms with Gasteiger partial charge in [0.1, 0.15) is 5.82 Å². The topological polar surface area (TPSA) is 66.5 Å². The van der Waals surface area contributed by atoms with E-state index in [-0.39, 0.29) is 24.0 Å². The summed E-state index contributed by atoms with van der Waals surface area (Å²) in [5.74, 6) is 2.36. The van der Waals surface area contributed by atoms with E-state index in [1.54, 1.807) is 0 Å². The van der Waals surface area contributed by atoms with Crippen LogP contribution >= 0.6 is 24.0 Å². The van der Waals surface area contributed by atoms with Crippen LogP contribution in [-0.2, 0) is 6.54 Å². The Morgan fingerprint density at radius 1 is 1.28 bits per heavy atom. The molecule has 0 aliphatic carbocycles. The van der Waals surface area contributed by atoms with Gasteiger partial charge in [-0.15, -0.1) is 24.0 Å². The standard InChI is InChI=1S/C19H33N5.HI/c1-15(2)7-6-8-16(3)23-19(20)22-14-17-9-10-21-18(13-17)24-11-4-5-12-24;/h9-10,13,15-16H,4-8,11-12,14H2,1-3H3,(H3,20,22,23);1H. The molecule has 5 nitrogen and oxygen atoms in total. The molecule has 0 amide bonds.